The summed E-state index contributed by atoms with van der Waals surface area (Å²) in [6.45, 7) is 15.8. The summed E-state index contributed by atoms with van der Waals surface area (Å²) in [5, 5.41) is 0. The average Bonchev–Trinajstić information content (AvgIpc) is 3.25. The molecule has 0 spiro atoms. The SMILES string of the molecule is Cc1ccc(C2=Cc3c(cccc3-c3cc(C(C)(C)C)cc(C(C)(C)C)c3)C2)o1. The van der Waals surface area contributed by atoms with Gasteiger partial charge in [-0.3, -0.25) is 0 Å². The van der Waals surface area contributed by atoms with Crippen molar-refractivity contribution in [3.8, 4) is 11.1 Å². The van der Waals surface area contributed by atoms with Crippen molar-refractivity contribution < 1.29 is 4.42 Å². The Morgan fingerprint density at radius 1 is 0.793 bits per heavy atom. The van der Waals surface area contributed by atoms with E-state index < -0.39 is 0 Å². The number of rotatable bonds is 2. The number of aryl methyl sites for hydroxylation is 1. The van der Waals surface area contributed by atoms with Crippen LogP contribution in [0, 0.1) is 6.92 Å². The summed E-state index contributed by atoms with van der Waals surface area (Å²) in [4.78, 5) is 0. The van der Waals surface area contributed by atoms with Gasteiger partial charge in [-0.15, -0.1) is 0 Å². The summed E-state index contributed by atoms with van der Waals surface area (Å²) in [5.41, 5.74) is 9.62. The standard InChI is InChI=1S/C28H32O/c1-18-11-12-26(29-18)21-13-19-9-8-10-24(25(19)16-21)20-14-22(27(2,3)4)17-23(15-20)28(5,6)7/h8-12,14-17H,13H2,1-7H3. The molecular weight excluding hydrogens is 352 g/mol. The highest BCUT2D eigenvalue weighted by Crippen LogP contribution is 2.40. The molecule has 0 bridgehead atoms. The number of furan rings is 1. The first kappa shape index (κ1) is 19.8. The van der Waals surface area contributed by atoms with E-state index in [4.69, 9.17) is 4.42 Å². The third kappa shape index (κ3) is 3.83. The maximum absolute atomic E-state index is 5.90. The van der Waals surface area contributed by atoms with Crippen molar-refractivity contribution in [2.24, 2.45) is 0 Å². The molecule has 4 rings (SSSR count). The molecule has 29 heavy (non-hydrogen) atoms. The van der Waals surface area contributed by atoms with Crippen LogP contribution in [-0.2, 0) is 17.3 Å². The van der Waals surface area contributed by atoms with Crippen molar-refractivity contribution in [2.45, 2.75) is 65.7 Å². The molecule has 1 aliphatic rings. The lowest BCUT2D eigenvalue weighted by atomic mass is 9.78. The van der Waals surface area contributed by atoms with E-state index in [1.54, 1.807) is 0 Å². The number of hydrogen-bond acceptors (Lipinski definition) is 1. The molecule has 0 saturated heterocycles. The first-order valence-electron chi connectivity index (χ1n) is 10.6. The van der Waals surface area contributed by atoms with Crippen LogP contribution in [0.5, 0.6) is 0 Å². The molecule has 0 aliphatic heterocycles. The van der Waals surface area contributed by atoms with Gasteiger partial charge in [0.2, 0.25) is 0 Å². The van der Waals surface area contributed by atoms with E-state index in [1.807, 2.05) is 13.0 Å². The zero-order valence-electron chi connectivity index (χ0n) is 18.8. The Morgan fingerprint density at radius 3 is 2.00 bits per heavy atom. The van der Waals surface area contributed by atoms with Crippen LogP contribution in [0.2, 0.25) is 0 Å². The lowest BCUT2D eigenvalue weighted by molar-refractivity contribution is 0.521. The van der Waals surface area contributed by atoms with E-state index in [0.717, 1.165) is 17.9 Å². The maximum atomic E-state index is 5.90. The summed E-state index contributed by atoms with van der Waals surface area (Å²) in [5.74, 6) is 1.95. The van der Waals surface area contributed by atoms with Crippen LogP contribution in [0.4, 0.5) is 0 Å². The molecule has 0 radical (unpaired) electrons. The third-order valence-corrected chi connectivity index (χ3v) is 5.93. The summed E-state index contributed by atoms with van der Waals surface area (Å²) in [6, 6.07) is 18.0. The van der Waals surface area contributed by atoms with Crippen molar-refractivity contribution in [3.05, 3.63) is 82.3 Å². The summed E-state index contributed by atoms with van der Waals surface area (Å²) < 4.78 is 5.90. The van der Waals surface area contributed by atoms with Gasteiger partial charge in [0, 0.05) is 6.42 Å². The Bertz CT molecular complexity index is 1060. The van der Waals surface area contributed by atoms with Crippen molar-refractivity contribution in [2.75, 3.05) is 0 Å². The zero-order valence-corrected chi connectivity index (χ0v) is 18.8. The molecule has 0 saturated carbocycles. The van der Waals surface area contributed by atoms with Crippen LogP contribution in [0.25, 0.3) is 22.8 Å². The molecule has 150 valence electrons. The van der Waals surface area contributed by atoms with Gasteiger partial charge >= 0.3 is 0 Å². The first-order valence-corrected chi connectivity index (χ1v) is 10.6. The zero-order chi connectivity index (χ0) is 21.0. The molecule has 3 aromatic rings. The molecular formula is C28H32O. The van der Waals surface area contributed by atoms with Crippen molar-refractivity contribution in [3.63, 3.8) is 0 Å². The lowest BCUT2D eigenvalue weighted by Crippen LogP contribution is -2.16. The smallest absolute Gasteiger partial charge is 0.130 e. The van der Waals surface area contributed by atoms with Gasteiger partial charge in [-0.2, -0.15) is 0 Å². The topological polar surface area (TPSA) is 13.1 Å². The monoisotopic (exact) mass is 384 g/mol. The van der Waals surface area contributed by atoms with Gasteiger partial charge < -0.3 is 4.42 Å². The Balaban J connectivity index is 1.87. The van der Waals surface area contributed by atoms with Gasteiger partial charge in [0.05, 0.1) is 0 Å². The van der Waals surface area contributed by atoms with Gasteiger partial charge in [0.1, 0.15) is 11.5 Å². The summed E-state index contributed by atoms with van der Waals surface area (Å²) >= 11 is 0. The molecule has 0 fully saturated rings. The predicted molar refractivity (Wildman–Crippen MR) is 124 cm³/mol. The minimum absolute atomic E-state index is 0.112. The molecule has 0 unspecified atom stereocenters. The number of benzene rings is 2. The minimum Gasteiger partial charge on any atom is -0.462 e. The van der Waals surface area contributed by atoms with Crippen LogP contribution in [0.3, 0.4) is 0 Å². The van der Waals surface area contributed by atoms with Gasteiger partial charge in [-0.1, -0.05) is 77.9 Å². The second-order valence-corrected chi connectivity index (χ2v) is 10.4. The Morgan fingerprint density at radius 2 is 1.45 bits per heavy atom. The van der Waals surface area contributed by atoms with Gasteiger partial charge in [-0.25, -0.2) is 0 Å². The number of fused-ring (bicyclic) bond motifs is 1. The van der Waals surface area contributed by atoms with Crippen LogP contribution in [-0.4, -0.2) is 0 Å². The number of allylic oxidation sites excluding steroid dienone is 1. The second kappa shape index (κ2) is 6.76. The van der Waals surface area contributed by atoms with E-state index in [2.05, 4.69) is 90.1 Å². The lowest BCUT2D eigenvalue weighted by Gasteiger charge is -2.26. The van der Waals surface area contributed by atoms with E-state index in [9.17, 15) is 0 Å². The number of hydrogen-bond donors (Lipinski definition) is 0. The highest BCUT2D eigenvalue weighted by Gasteiger charge is 2.23. The second-order valence-electron chi connectivity index (χ2n) is 10.4. The first-order chi connectivity index (χ1) is 13.5. The summed E-state index contributed by atoms with van der Waals surface area (Å²) in [6.07, 6.45) is 3.25. The Kier molecular flexibility index (Phi) is 4.61. The van der Waals surface area contributed by atoms with Crippen LogP contribution < -0.4 is 0 Å². The highest BCUT2D eigenvalue weighted by atomic mass is 16.3. The molecule has 2 aromatic carbocycles. The van der Waals surface area contributed by atoms with E-state index in [0.29, 0.717) is 0 Å². The van der Waals surface area contributed by atoms with Crippen molar-refractivity contribution in [1.29, 1.82) is 0 Å². The fraction of sp³-hybridized carbons (Fsp3) is 0.357. The molecule has 1 aromatic heterocycles. The molecule has 1 nitrogen and oxygen atoms in total. The maximum Gasteiger partial charge on any atom is 0.130 e. The fourth-order valence-electron chi connectivity index (χ4n) is 4.03. The molecule has 0 amide bonds. The van der Waals surface area contributed by atoms with Gasteiger partial charge in [0.25, 0.3) is 0 Å². The molecule has 0 N–H and O–H groups in total. The van der Waals surface area contributed by atoms with Crippen LogP contribution in [0.1, 0.15) is 75.3 Å². The van der Waals surface area contributed by atoms with E-state index >= 15 is 0 Å². The van der Waals surface area contributed by atoms with Gasteiger partial charge in [-0.05, 0) is 74.9 Å². The fourth-order valence-corrected chi connectivity index (χ4v) is 4.03. The largest absolute Gasteiger partial charge is 0.462 e. The van der Waals surface area contributed by atoms with Crippen molar-refractivity contribution >= 4 is 11.6 Å². The van der Waals surface area contributed by atoms with Gasteiger partial charge in [0.15, 0.2) is 0 Å². The molecule has 0 atom stereocenters. The highest BCUT2D eigenvalue weighted by molar-refractivity contribution is 5.93. The van der Waals surface area contributed by atoms with Crippen LogP contribution in [0.15, 0.2) is 52.9 Å². The normalized spacial score (nSPS) is 14.1. The van der Waals surface area contributed by atoms with Crippen LogP contribution >= 0.6 is 0 Å². The average molecular weight is 385 g/mol. The quantitative estimate of drug-likeness (QED) is 0.437. The summed E-state index contributed by atoms with van der Waals surface area (Å²) in [7, 11) is 0. The van der Waals surface area contributed by atoms with E-state index in [1.165, 1.54) is 39.0 Å². The molecule has 1 heteroatoms. The Labute approximate surface area is 175 Å². The van der Waals surface area contributed by atoms with Crippen molar-refractivity contribution in [1.82, 2.24) is 0 Å². The molecule has 1 heterocycles. The predicted octanol–water partition coefficient (Wildman–Crippen LogP) is 7.95. The van der Waals surface area contributed by atoms with E-state index in [-0.39, 0.29) is 10.8 Å². The molecule has 1 aliphatic carbocycles. The minimum atomic E-state index is 0.112. The third-order valence-electron chi connectivity index (χ3n) is 5.93. The Hall–Kier alpha value is -2.54.